The van der Waals surface area contributed by atoms with E-state index in [0.29, 0.717) is 17.9 Å². The minimum Gasteiger partial charge on any atom is -0.457 e. The van der Waals surface area contributed by atoms with E-state index in [1.54, 1.807) is 24.3 Å². The van der Waals surface area contributed by atoms with Crippen LogP contribution in [0.4, 0.5) is 0 Å². The Bertz CT molecular complexity index is 929. The fraction of sp³-hybridized carbons (Fsp3) is 0.250. The number of carbonyl (C=O) groups excluding carboxylic acids is 1. The van der Waals surface area contributed by atoms with Gasteiger partial charge in [0.05, 0.1) is 17.5 Å². The first-order valence-electron chi connectivity index (χ1n) is 8.82. The molecule has 0 bridgehead atoms. The van der Waals surface area contributed by atoms with Crippen molar-refractivity contribution in [3.8, 4) is 11.5 Å². The van der Waals surface area contributed by atoms with Crippen molar-refractivity contribution >= 4 is 15.9 Å². The lowest BCUT2D eigenvalue weighted by molar-refractivity contribution is -0.117. The first-order chi connectivity index (χ1) is 13.4. The van der Waals surface area contributed by atoms with Crippen LogP contribution in [0.5, 0.6) is 11.5 Å². The first kappa shape index (κ1) is 20.1. The molecular weight excluding hydrogens is 380 g/mol. The van der Waals surface area contributed by atoms with E-state index in [1.807, 2.05) is 18.2 Å². The number of para-hydroxylation sites is 1. The van der Waals surface area contributed by atoms with E-state index in [4.69, 9.17) is 4.74 Å². The quantitative estimate of drug-likeness (QED) is 0.690. The third kappa shape index (κ3) is 4.41. The van der Waals surface area contributed by atoms with Crippen molar-refractivity contribution in [2.24, 2.45) is 0 Å². The molecule has 1 fully saturated rings. The molecule has 2 atom stereocenters. The maximum Gasteiger partial charge on any atom is 0.243 e. The molecule has 2 N–H and O–H groups in total. The van der Waals surface area contributed by atoms with Crippen molar-refractivity contribution in [1.29, 1.82) is 0 Å². The van der Waals surface area contributed by atoms with Gasteiger partial charge in [-0.3, -0.25) is 4.79 Å². The average Bonchev–Trinajstić information content (AvgIpc) is 3.13. The van der Waals surface area contributed by atoms with Gasteiger partial charge in [-0.1, -0.05) is 24.8 Å². The summed E-state index contributed by atoms with van der Waals surface area (Å²) in [6, 6.07) is 14.3. The lowest BCUT2D eigenvalue weighted by atomic mass is 10.2. The van der Waals surface area contributed by atoms with Crippen molar-refractivity contribution in [1.82, 2.24) is 9.62 Å². The zero-order valence-electron chi connectivity index (χ0n) is 15.2. The number of aliphatic hydroxyl groups excluding tert-OH is 1. The molecule has 0 saturated carbocycles. The third-order valence-electron chi connectivity index (χ3n) is 4.52. The second-order valence-electron chi connectivity index (χ2n) is 6.44. The number of rotatable bonds is 7. The van der Waals surface area contributed by atoms with E-state index in [2.05, 4.69) is 11.9 Å². The molecule has 0 spiro atoms. The van der Waals surface area contributed by atoms with E-state index in [1.165, 1.54) is 16.4 Å². The lowest BCUT2D eigenvalue weighted by Gasteiger charge is -2.22. The number of aliphatic hydroxyl groups is 1. The molecule has 1 amide bonds. The van der Waals surface area contributed by atoms with Crippen LogP contribution in [0.1, 0.15) is 6.42 Å². The Kier molecular flexibility index (Phi) is 6.13. The Morgan fingerprint density at radius 1 is 1.18 bits per heavy atom. The summed E-state index contributed by atoms with van der Waals surface area (Å²) in [6.07, 6.45) is 1.47. The highest BCUT2D eigenvalue weighted by Crippen LogP contribution is 2.28. The minimum absolute atomic E-state index is 0.0927. The van der Waals surface area contributed by atoms with Crippen LogP contribution in [-0.4, -0.2) is 49.0 Å². The molecule has 28 heavy (non-hydrogen) atoms. The van der Waals surface area contributed by atoms with Crippen molar-refractivity contribution in [2.45, 2.75) is 23.4 Å². The van der Waals surface area contributed by atoms with Crippen LogP contribution >= 0.6 is 0 Å². The highest BCUT2D eigenvalue weighted by Gasteiger charge is 2.40. The Morgan fingerprint density at radius 3 is 2.43 bits per heavy atom. The highest BCUT2D eigenvalue weighted by molar-refractivity contribution is 7.89. The number of amides is 1. The molecule has 3 rings (SSSR count). The zero-order valence-corrected chi connectivity index (χ0v) is 16.0. The van der Waals surface area contributed by atoms with Gasteiger partial charge >= 0.3 is 0 Å². The summed E-state index contributed by atoms with van der Waals surface area (Å²) >= 11 is 0. The minimum atomic E-state index is -3.82. The fourth-order valence-electron chi connectivity index (χ4n) is 3.15. The van der Waals surface area contributed by atoms with Gasteiger partial charge in [0, 0.05) is 12.6 Å². The van der Waals surface area contributed by atoms with Gasteiger partial charge in [-0.25, -0.2) is 8.42 Å². The summed E-state index contributed by atoms with van der Waals surface area (Å²) in [4.78, 5) is 11.6. The first-order valence-corrected chi connectivity index (χ1v) is 10.3. The molecule has 1 saturated heterocycles. The van der Waals surface area contributed by atoms with E-state index >= 15 is 0 Å². The SMILES string of the molecule is C=CC(=O)NC1CC(CO)N(S(=O)(=O)c2ccc(Oc3ccccc3)cc2)C1. The monoisotopic (exact) mass is 402 g/mol. The number of hydrogen-bond donors (Lipinski definition) is 2. The Hall–Kier alpha value is -2.68. The van der Waals surface area contributed by atoms with Crippen molar-refractivity contribution in [2.75, 3.05) is 13.2 Å². The van der Waals surface area contributed by atoms with Crippen LogP contribution < -0.4 is 10.1 Å². The molecule has 7 nitrogen and oxygen atoms in total. The smallest absolute Gasteiger partial charge is 0.243 e. The molecule has 0 aliphatic carbocycles. The molecule has 0 aromatic heterocycles. The maximum atomic E-state index is 13.0. The van der Waals surface area contributed by atoms with Crippen LogP contribution in [0, 0.1) is 0 Å². The third-order valence-corrected chi connectivity index (χ3v) is 6.45. The van der Waals surface area contributed by atoms with Crippen molar-refractivity contribution < 1.29 is 23.1 Å². The second-order valence-corrected chi connectivity index (χ2v) is 8.33. The summed E-state index contributed by atoms with van der Waals surface area (Å²) in [6.45, 7) is 3.16. The molecule has 0 radical (unpaired) electrons. The summed E-state index contributed by atoms with van der Waals surface area (Å²) in [7, 11) is -3.82. The fourth-order valence-corrected chi connectivity index (χ4v) is 4.82. The maximum absolute atomic E-state index is 13.0. The van der Waals surface area contributed by atoms with Crippen LogP contribution in [-0.2, 0) is 14.8 Å². The zero-order chi connectivity index (χ0) is 20.1. The van der Waals surface area contributed by atoms with Gasteiger partial charge in [-0.05, 0) is 48.9 Å². The van der Waals surface area contributed by atoms with E-state index in [0.717, 1.165) is 6.08 Å². The second kappa shape index (κ2) is 8.55. The number of benzene rings is 2. The molecule has 8 heteroatoms. The lowest BCUT2D eigenvalue weighted by Crippen LogP contribution is -2.39. The summed E-state index contributed by atoms with van der Waals surface area (Å²) in [5, 5.41) is 12.3. The Labute approximate surface area is 164 Å². The normalized spacial score (nSPS) is 19.9. The predicted molar refractivity (Wildman–Crippen MR) is 104 cm³/mol. The molecule has 2 unspecified atom stereocenters. The van der Waals surface area contributed by atoms with Gasteiger partial charge in [-0.2, -0.15) is 4.31 Å². The number of ether oxygens (including phenoxy) is 1. The van der Waals surface area contributed by atoms with Crippen molar-refractivity contribution in [3.63, 3.8) is 0 Å². The summed E-state index contributed by atoms with van der Waals surface area (Å²) < 4.78 is 32.9. The molecule has 2 aromatic rings. The molecule has 148 valence electrons. The molecule has 2 aromatic carbocycles. The largest absolute Gasteiger partial charge is 0.457 e. The standard InChI is InChI=1S/C20H22N2O5S/c1-2-20(24)21-15-12-16(14-23)22(13-15)28(25,26)19-10-8-18(9-11-19)27-17-6-4-3-5-7-17/h2-11,15-16,23H,1,12-14H2,(H,21,24). The van der Waals surface area contributed by atoms with E-state index in [-0.39, 0.29) is 30.0 Å². The van der Waals surface area contributed by atoms with Gasteiger partial charge in [0.1, 0.15) is 11.5 Å². The predicted octanol–water partition coefficient (Wildman–Crippen LogP) is 1.91. The number of nitrogens with zero attached hydrogens (tertiary/aromatic N) is 1. The Balaban J connectivity index is 1.76. The van der Waals surface area contributed by atoms with Crippen molar-refractivity contribution in [3.05, 3.63) is 67.3 Å². The van der Waals surface area contributed by atoms with Gasteiger partial charge < -0.3 is 15.2 Å². The molecular formula is C20H22N2O5S. The van der Waals surface area contributed by atoms with Gasteiger partial charge in [0.15, 0.2) is 0 Å². The number of hydrogen-bond acceptors (Lipinski definition) is 5. The van der Waals surface area contributed by atoms with Crippen LogP contribution in [0.3, 0.4) is 0 Å². The highest BCUT2D eigenvalue weighted by atomic mass is 32.2. The van der Waals surface area contributed by atoms with Gasteiger partial charge in [0.25, 0.3) is 0 Å². The molecule has 1 aliphatic heterocycles. The number of nitrogens with one attached hydrogen (secondary N) is 1. The Morgan fingerprint density at radius 2 is 1.82 bits per heavy atom. The number of carbonyl (C=O) groups is 1. The summed E-state index contributed by atoms with van der Waals surface area (Å²) in [5.41, 5.74) is 0. The molecule has 1 heterocycles. The van der Waals surface area contributed by atoms with Gasteiger partial charge in [0.2, 0.25) is 15.9 Å². The van der Waals surface area contributed by atoms with E-state index < -0.39 is 16.1 Å². The molecule has 1 aliphatic rings. The van der Waals surface area contributed by atoms with E-state index in [9.17, 15) is 18.3 Å². The average molecular weight is 402 g/mol. The number of sulfonamides is 1. The van der Waals surface area contributed by atoms with Crippen LogP contribution in [0.25, 0.3) is 0 Å². The topological polar surface area (TPSA) is 95.9 Å². The van der Waals surface area contributed by atoms with Crippen LogP contribution in [0.2, 0.25) is 0 Å². The summed E-state index contributed by atoms with van der Waals surface area (Å²) in [5.74, 6) is 0.795. The van der Waals surface area contributed by atoms with Gasteiger partial charge in [-0.15, -0.1) is 0 Å². The van der Waals surface area contributed by atoms with Crippen LogP contribution in [0.15, 0.2) is 72.1 Å².